The molecule has 0 saturated carbocycles. The third-order valence-electron chi connectivity index (χ3n) is 4.55. The summed E-state index contributed by atoms with van der Waals surface area (Å²) in [6.45, 7) is 4.29. The summed E-state index contributed by atoms with van der Waals surface area (Å²) in [4.78, 5) is 29.7. The number of amides is 3. The predicted molar refractivity (Wildman–Crippen MR) is 106 cm³/mol. The maximum Gasteiger partial charge on any atom is 0.321 e. The molecule has 1 aliphatic heterocycles. The summed E-state index contributed by atoms with van der Waals surface area (Å²) in [5.41, 5.74) is 1.57. The molecule has 1 fully saturated rings. The van der Waals surface area contributed by atoms with E-state index in [0.29, 0.717) is 37.6 Å². The molecule has 2 heterocycles. The number of nitrogens with zero attached hydrogens (tertiary/aromatic N) is 2. The second-order valence-electron chi connectivity index (χ2n) is 6.32. The van der Waals surface area contributed by atoms with Crippen LogP contribution in [0.3, 0.4) is 0 Å². The third kappa shape index (κ3) is 4.56. The van der Waals surface area contributed by atoms with Crippen molar-refractivity contribution in [2.75, 3.05) is 31.5 Å². The zero-order chi connectivity index (χ0) is 18.5. The minimum Gasteiger partial charge on any atom is -0.341 e. The first-order chi connectivity index (χ1) is 12.5. The monoisotopic (exact) mass is 391 g/mol. The van der Waals surface area contributed by atoms with Crippen LogP contribution >= 0.6 is 22.9 Å². The number of benzene rings is 1. The van der Waals surface area contributed by atoms with Crippen molar-refractivity contribution < 1.29 is 9.59 Å². The highest BCUT2D eigenvalue weighted by Crippen LogP contribution is 2.23. The smallest absolute Gasteiger partial charge is 0.321 e. The molecule has 5 nitrogen and oxygen atoms in total. The van der Waals surface area contributed by atoms with Crippen LogP contribution in [-0.2, 0) is 11.2 Å². The van der Waals surface area contributed by atoms with Crippen molar-refractivity contribution in [3.63, 3.8) is 0 Å². The first-order valence-electron chi connectivity index (χ1n) is 8.66. The second-order valence-corrected chi connectivity index (χ2v) is 7.76. The number of hydrogen-bond acceptors (Lipinski definition) is 3. The number of urea groups is 1. The Bertz CT molecular complexity index is 779. The Morgan fingerprint density at radius 1 is 1.12 bits per heavy atom. The van der Waals surface area contributed by atoms with Crippen molar-refractivity contribution in [3.8, 4) is 0 Å². The summed E-state index contributed by atoms with van der Waals surface area (Å²) in [6.07, 6.45) is 1.21. The van der Waals surface area contributed by atoms with Gasteiger partial charge in [0, 0.05) is 41.8 Å². The fraction of sp³-hybridized carbons (Fsp3) is 0.368. The van der Waals surface area contributed by atoms with E-state index >= 15 is 0 Å². The Balaban J connectivity index is 1.56. The van der Waals surface area contributed by atoms with Crippen molar-refractivity contribution in [2.45, 2.75) is 19.8 Å². The van der Waals surface area contributed by atoms with E-state index in [2.05, 4.69) is 5.32 Å². The number of nitrogens with one attached hydrogen (secondary N) is 1. The predicted octanol–water partition coefficient (Wildman–Crippen LogP) is 4.02. The maximum absolute atomic E-state index is 12.6. The minimum absolute atomic E-state index is 0.125. The van der Waals surface area contributed by atoms with Gasteiger partial charge in [0.2, 0.25) is 5.91 Å². The van der Waals surface area contributed by atoms with Crippen LogP contribution in [0, 0.1) is 6.92 Å². The van der Waals surface area contributed by atoms with E-state index in [0.717, 1.165) is 22.5 Å². The van der Waals surface area contributed by atoms with Crippen molar-refractivity contribution in [3.05, 3.63) is 51.2 Å². The lowest BCUT2D eigenvalue weighted by Crippen LogP contribution is -2.39. The minimum atomic E-state index is -0.150. The van der Waals surface area contributed by atoms with Crippen LogP contribution in [0.5, 0.6) is 0 Å². The van der Waals surface area contributed by atoms with Gasteiger partial charge in [0.25, 0.3) is 0 Å². The Labute approximate surface area is 162 Å². The molecule has 7 heteroatoms. The Morgan fingerprint density at radius 3 is 2.65 bits per heavy atom. The Hall–Kier alpha value is -2.05. The van der Waals surface area contributed by atoms with Crippen molar-refractivity contribution in [2.24, 2.45) is 0 Å². The van der Waals surface area contributed by atoms with Gasteiger partial charge in [-0.15, -0.1) is 11.3 Å². The molecule has 1 aromatic carbocycles. The van der Waals surface area contributed by atoms with E-state index in [4.69, 9.17) is 11.6 Å². The van der Waals surface area contributed by atoms with Crippen LogP contribution in [0.2, 0.25) is 5.02 Å². The SMILES string of the molecule is Cc1c(Cl)cccc1NC(=O)N1CCCN(C(=O)Cc2cccs2)CC1. The molecule has 3 rings (SSSR count). The van der Waals surface area contributed by atoms with Gasteiger partial charge in [-0.25, -0.2) is 4.79 Å². The van der Waals surface area contributed by atoms with Crippen LogP contribution in [-0.4, -0.2) is 47.9 Å². The zero-order valence-corrected chi connectivity index (χ0v) is 16.3. The molecule has 0 aliphatic carbocycles. The summed E-state index contributed by atoms with van der Waals surface area (Å²) in [5, 5.41) is 5.54. The highest BCUT2D eigenvalue weighted by Gasteiger charge is 2.22. The molecule has 3 amide bonds. The van der Waals surface area contributed by atoms with Crippen LogP contribution in [0.15, 0.2) is 35.7 Å². The quantitative estimate of drug-likeness (QED) is 0.859. The van der Waals surface area contributed by atoms with Gasteiger partial charge in [0.15, 0.2) is 0 Å². The van der Waals surface area contributed by atoms with Gasteiger partial charge < -0.3 is 15.1 Å². The molecule has 0 bridgehead atoms. The van der Waals surface area contributed by atoms with Gasteiger partial charge in [-0.05, 0) is 42.5 Å². The zero-order valence-electron chi connectivity index (χ0n) is 14.7. The summed E-state index contributed by atoms with van der Waals surface area (Å²) in [5.74, 6) is 0.125. The van der Waals surface area contributed by atoms with Crippen LogP contribution < -0.4 is 5.32 Å². The van der Waals surface area contributed by atoms with Crippen molar-refractivity contribution in [1.29, 1.82) is 0 Å². The topological polar surface area (TPSA) is 52.7 Å². The number of hydrogen-bond donors (Lipinski definition) is 1. The standard InChI is InChI=1S/C19H22ClN3O2S/c1-14-16(20)6-2-7-17(14)21-19(25)23-9-4-8-22(10-11-23)18(24)13-15-5-3-12-26-15/h2-3,5-7,12H,4,8-11,13H2,1H3,(H,21,25). The highest BCUT2D eigenvalue weighted by molar-refractivity contribution is 7.10. The fourth-order valence-electron chi connectivity index (χ4n) is 2.98. The van der Waals surface area contributed by atoms with Crippen LogP contribution in [0.4, 0.5) is 10.5 Å². The fourth-order valence-corrected chi connectivity index (χ4v) is 3.85. The van der Waals surface area contributed by atoms with E-state index < -0.39 is 0 Å². The Kier molecular flexibility index (Phi) is 6.16. The number of carbonyl (C=O) groups is 2. The van der Waals surface area contributed by atoms with Gasteiger partial charge >= 0.3 is 6.03 Å². The van der Waals surface area contributed by atoms with E-state index in [1.165, 1.54) is 0 Å². The van der Waals surface area contributed by atoms with E-state index in [9.17, 15) is 9.59 Å². The lowest BCUT2D eigenvalue weighted by Gasteiger charge is -2.23. The first-order valence-corrected chi connectivity index (χ1v) is 9.91. The first kappa shape index (κ1) is 18.7. The normalized spacial score (nSPS) is 14.8. The molecule has 1 N–H and O–H groups in total. The van der Waals surface area contributed by atoms with Crippen LogP contribution in [0.25, 0.3) is 0 Å². The molecule has 0 atom stereocenters. The summed E-state index contributed by atoms with van der Waals surface area (Å²) >= 11 is 7.71. The molecule has 26 heavy (non-hydrogen) atoms. The molecule has 0 unspecified atom stereocenters. The number of thiophene rings is 1. The molecule has 2 aromatic rings. The molecule has 1 aliphatic rings. The molecular weight excluding hydrogens is 370 g/mol. The Morgan fingerprint density at radius 2 is 1.88 bits per heavy atom. The molecule has 0 radical (unpaired) electrons. The van der Waals surface area contributed by atoms with Gasteiger partial charge in [0.05, 0.1) is 6.42 Å². The van der Waals surface area contributed by atoms with Gasteiger partial charge in [-0.2, -0.15) is 0 Å². The van der Waals surface area contributed by atoms with Gasteiger partial charge in [-0.1, -0.05) is 23.7 Å². The number of halogens is 1. The molecule has 1 saturated heterocycles. The average molecular weight is 392 g/mol. The van der Waals surface area contributed by atoms with Crippen molar-refractivity contribution in [1.82, 2.24) is 9.80 Å². The lowest BCUT2D eigenvalue weighted by atomic mass is 10.2. The van der Waals surface area contributed by atoms with Crippen LogP contribution in [0.1, 0.15) is 16.9 Å². The third-order valence-corrected chi connectivity index (χ3v) is 5.84. The highest BCUT2D eigenvalue weighted by atomic mass is 35.5. The summed E-state index contributed by atoms with van der Waals surface area (Å²) < 4.78 is 0. The maximum atomic E-state index is 12.6. The number of anilines is 1. The van der Waals surface area contributed by atoms with Gasteiger partial charge in [0.1, 0.15) is 0 Å². The molecule has 0 spiro atoms. The molecule has 1 aromatic heterocycles. The van der Waals surface area contributed by atoms with E-state index in [-0.39, 0.29) is 11.9 Å². The molecule has 138 valence electrons. The van der Waals surface area contributed by atoms with Gasteiger partial charge in [-0.3, -0.25) is 4.79 Å². The summed E-state index contributed by atoms with van der Waals surface area (Å²) in [6, 6.07) is 9.25. The van der Waals surface area contributed by atoms with E-state index in [1.807, 2.05) is 41.5 Å². The van der Waals surface area contributed by atoms with Crippen molar-refractivity contribution >= 4 is 40.6 Å². The lowest BCUT2D eigenvalue weighted by molar-refractivity contribution is -0.130. The second kappa shape index (κ2) is 8.56. The average Bonchev–Trinajstić information content (AvgIpc) is 3.00. The number of carbonyl (C=O) groups excluding carboxylic acids is 2. The molecular formula is C19H22ClN3O2S. The van der Waals surface area contributed by atoms with E-state index in [1.54, 1.807) is 22.3 Å². The largest absolute Gasteiger partial charge is 0.341 e. The number of rotatable bonds is 3. The summed E-state index contributed by atoms with van der Waals surface area (Å²) in [7, 11) is 0.